The molecule has 0 aliphatic carbocycles. The molecule has 3 N–H and O–H groups in total. The fourth-order valence-corrected chi connectivity index (χ4v) is 2.18. The molecule has 3 atom stereocenters. The second-order valence-corrected chi connectivity index (χ2v) is 5.35. The molecule has 0 amide bonds. The van der Waals surface area contributed by atoms with Crippen molar-refractivity contribution in [3.8, 4) is 0 Å². The Bertz CT molecular complexity index is 315. The van der Waals surface area contributed by atoms with Gasteiger partial charge < -0.3 is 10.8 Å². The molecular formula is C12H18FNOS. The summed E-state index contributed by atoms with van der Waals surface area (Å²) in [6.45, 7) is 3.73. The Hall–Kier alpha value is -0.580. The van der Waals surface area contributed by atoms with Gasteiger partial charge in [-0.3, -0.25) is 0 Å². The van der Waals surface area contributed by atoms with Crippen LogP contribution in [0.3, 0.4) is 0 Å². The minimum Gasteiger partial charge on any atom is -0.392 e. The number of nitrogens with two attached hydrogens (primary N) is 1. The standard InChI is InChI=1S/C12H18FNOS/c1-8(15)9(2)16-7-12(14)10-3-5-11(13)6-4-10/h3-6,8-9,12,15H,7,14H2,1-2H3. The number of benzene rings is 1. The molecule has 0 saturated heterocycles. The minimum atomic E-state index is -0.342. The Morgan fingerprint density at radius 2 is 1.88 bits per heavy atom. The summed E-state index contributed by atoms with van der Waals surface area (Å²) in [5.41, 5.74) is 6.89. The molecule has 2 nitrogen and oxygen atoms in total. The minimum absolute atomic E-state index is 0.119. The molecule has 1 rings (SSSR count). The second-order valence-electron chi connectivity index (χ2n) is 3.94. The fourth-order valence-electron chi connectivity index (χ4n) is 1.20. The summed E-state index contributed by atoms with van der Waals surface area (Å²) < 4.78 is 12.7. The van der Waals surface area contributed by atoms with E-state index in [1.54, 1.807) is 30.8 Å². The zero-order chi connectivity index (χ0) is 12.1. The van der Waals surface area contributed by atoms with Crippen LogP contribution >= 0.6 is 11.8 Å². The molecule has 0 aliphatic rings. The van der Waals surface area contributed by atoms with E-state index in [1.807, 2.05) is 6.92 Å². The van der Waals surface area contributed by atoms with Crippen molar-refractivity contribution in [2.24, 2.45) is 5.73 Å². The van der Waals surface area contributed by atoms with Crippen molar-refractivity contribution in [2.45, 2.75) is 31.2 Å². The third kappa shape index (κ3) is 4.12. The van der Waals surface area contributed by atoms with Gasteiger partial charge in [0.1, 0.15) is 5.82 Å². The Morgan fingerprint density at radius 1 is 1.31 bits per heavy atom. The number of hydrogen-bond donors (Lipinski definition) is 2. The lowest BCUT2D eigenvalue weighted by Crippen LogP contribution is -2.20. The van der Waals surface area contributed by atoms with E-state index < -0.39 is 0 Å². The molecule has 0 aliphatic heterocycles. The normalized spacial score (nSPS) is 16.8. The van der Waals surface area contributed by atoms with Gasteiger partial charge in [-0.25, -0.2) is 4.39 Å². The van der Waals surface area contributed by atoms with Gasteiger partial charge in [0.25, 0.3) is 0 Å². The van der Waals surface area contributed by atoms with Crippen LogP contribution in [0.5, 0.6) is 0 Å². The monoisotopic (exact) mass is 243 g/mol. The number of aliphatic hydroxyl groups is 1. The van der Waals surface area contributed by atoms with Gasteiger partial charge >= 0.3 is 0 Å². The Morgan fingerprint density at radius 3 is 2.38 bits per heavy atom. The molecule has 0 fully saturated rings. The van der Waals surface area contributed by atoms with E-state index in [2.05, 4.69) is 0 Å². The van der Waals surface area contributed by atoms with Crippen LogP contribution in [0, 0.1) is 5.82 Å². The summed E-state index contributed by atoms with van der Waals surface area (Å²) in [6.07, 6.45) is -0.342. The fraction of sp³-hybridized carbons (Fsp3) is 0.500. The van der Waals surface area contributed by atoms with Crippen molar-refractivity contribution < 1.29 is 9.50 Å². The molecule has 0 saturated carbocycles. The van der Waals surface area contributed by atoms with Crippen LogP contribution < -0.4 is 5.73 Å². The highest BCUT2D eigenvalue weighted by Gasteiger charge is 2.12. The van der Waals surface area contributed by atoms with E-state index in [9.17, 15) is 9.50 Å². The average Bonchev–Trinajstić information content (AvgIpc) is 2.26. The molecule has 90 valence electrons. The van der Waals surface area contributed by atoms with Gasteiger partial charge in [-0.1, -0.05) is 19.1 Å². The lowest BCUT2D eigenvalue weighted by molar-refractivity contribution is 0.196. The van der Waals surface area contributed by atoms with Gasteiger partial charge in [-0.05, 0) is 24.6 Å². The smallest absolute Gasteiger partial charge is 0.123 e. The average molecular weight is 243 g/mol. The van der Waals surface area contributed by atoms with E-state index in [0.717, 1.165) is 11.3 Å². The van der Waals surface area contributed by atoms with E-state index in [4.69, 9.17) is 5.73 Å². The van der Waals surface area contributed by atoms with Gasteiger partial charge in [-0.15, -0.1) is 0 Å². The first-order valence-corrected chi connectivity index (χ1v) is 6.36. The number of aliphatic hydroxyl groups excluding tert-OH is 1. The van der Waals surface area contributed by atoms with Crippen molar-refractivity contribution in [1.82, 2.24) is 0 Å². The molecule has 1 aromatic carbocycles. The highest BCUT2D eigenvalue weighted by Crippen LogP contribution is 2.21. The predicted molar refractivity (Wildman–Crippen MR) is 66.9 cm³/mol. The topological polar surface area (TPSA) is 46.2 Å². The van der Waals surface area contributed by atoms with Crippen molar-refractivity contribution in [3.05, 3.63) is 35.6 Å². The SMILES string of the molecule is CC(O)C(C)SCC(N)c1ccc(F)cc1. The summed E-state index contributed by atoms with van der Waals surface area (Å²) in [4.78, 5) is 0. The van der Waals surface area contributed by atoms with Crippen LogP contribution in [0.1, 0.15) is 25.5 Å². The third-order valence-corrected chi connectivity index (χ3v) is 3.99. The molecule has 0 radical (unpaired) electrons. The molecule has 0 heterocycles. The van der Waals surface area contributed by atoms with Crippen LogP contribution in [0.2, 0.25) is 0 Å². The lowest BCUT2D eigenvalue weighted by Gasteiger charge is -2.17. The largest absolute Gasteiger partial charge is 0.392 e. The molecule has 4 heteroatoms. The molecule has 16 heavy (non-hydrogen) atoms. The number of thioether (sulfide) groups is 1. The maximum absolute atomic E-state index is 12.7. The van der Waals surface area contributed by atoms with E-state index in [1.165, 1.54) is 12.1 Å². The summed E-state index contributed by atoms with van der Waals surface area (Å²) in [6, 6.07) is 6.11. The van der Waals surface area contributed by atoms with E-state index in [-0.39, 0.29) is 23.2 Å². The zero-order valence-electron chi connectivity index (χ0n) is 9.56. The van der Waals surface area contributed by atoms with Gasteiger partial charge in [0.15, 0.2) is 0 Å². The van der Waals surface area contributed by atoms with Crippen LogP contribution in [-0.4, -0.2) is 22.2 Å². The third-order valence-electron chi connectivity index (χ3n) is 2.52. The highest BCUT2D eigenvalue weighted by molar-refractivity contribution is 7.99. The Kier molecular flexibility index (Phi) is 5.25. The predicted octanol–water partition coefficient (Wildman–Crippen LogP) is 2.33. The first-order valence-electron chi connectivity index (χ1n) is 5.31. The van der Waals surface area contributed by atoms with Crippen LogP contribution in [0.25, 0.3) is 0 Å². The van der Waals surface area contributed by atoms with Crippen LogP contribution in [0.4, 0.5) is 4.39 Å². The first kappa shape index (κ1) is 13.5. The number of halogens is 1. The molecule has 1 aromatic rings. The maximum Gasteiger partial charge on any atom is 0.123 e. The van der Waals surface area contributed by atoms with Gasteiger partial charge in [-0.2, -0.15) is 11.8 Å². The van der Waals surface area contributed by atoms with Gasteiger partial charge in [0.2, 0.25) is 0 Å². The number of hydrogen-bond acceptors (Lipinski definition) is 3. The quantitative estimate of drug-likeness (QED) is 0.834. The number of rotatable bonds is 5. The summed E-state index contributed by atoms with van der Waals surface area (Å²) in [5.74, 6) is 0.471. The molecule has 0 bridgehead atoms. The summed E-state index contributed by atoms with van der Waals surface area (Å²) >= 11 is 1.62. The molecule has 0 spiro atoms. The van der Waals surface area contributed by atoms with E-state index >= 15 is 0 Å². The Balaban J connectivity index is 2.46. The van der Waals surface area contributed by atoms with Crippen molar-refractivity contribution >= 4 is 11.8 Å². The Labute approximate surface area is 100 Å². The molecule has 0 aromatic heterocycles. The van der Waals surface area contributed by atoms with Crippen molar-refractivity contribution in [1.29, 1.82) is 0 Å². The first-order chi connectivity index (χ1) is 7.50. The summed E-state index contributed by atoms with van der Waals surface area (Å²) in [7, 11) is 0. The molecule has 3 unspecified atom stereocenters. The maximum atomic E-state index is 12.7. The van der Waals surface area contributed by atoms with Crippen LogP contribution in [-0.2, 0) is 0 Å². The zero-order valence-corrected chi connectivity index (χ0v) is 10.4. The van der Waals surface area contributed by atoms with Crippen molar-refractivity contribution in [3.63, 3.8) is 0 Å². The van der Waals surface area contributed by atoms with E-state index in [0.29, 0.717) is 0 Å². The van der Waals surface area contributed by atoms with Crippen molar-refractivity contribution in [2.75, 3.05) is 5.75 Å². The van der Waals surface area contributed by atoms with Crippen LogP contribution in [0.15, 0.2) is 24.3 Å². The lowest BCUT2D eigenvalue weighted by atomic mass is 10.1. The molecular weight excluding hydrogens is 225 g/mol. The van der Waals surface area contributed by atoms with Gasteiger partial charge in [0, 0.05) is 17.0 Å². The highest BCUT2D eigenvalue weighted by atomic mass is 32.2. The second kappa shape index (κ2) is 6.23. The van der Waals surface area contributed by atoms with Gasteiger partial charge in [0.05, 0.1) is 6.10 Å². The summed E-state index contributed by atoms with van der Waals surface area (Å²) in [5, 5.41) is 9.49.